The summed E-state index contributed by atoms with van der Waals surface area (Å²) in [5.41, 5.74) is 5.86. The molecule has 0 amide bonds. The molecule has 26 heavy (non-hydrogen) atoms. The average molecular weight is 430 g/mol. The van der Waals surface area contributed by atoms with Gasteiger partial charge in [0.25, 0.3) is 0 Å². The van der Waals surface area contributed by atoms with Crippen molar-refractivity contribution in [3.05, 3.63) is 69.1 Å². The highest BCUT2D eigenvalue weighted by molar-refractivity contribution is 9.10. The summed E-state index contributed by atoms with van der Waals surface area (Å²) >= 11 is 5.08. The van der Waals surface area contributed by atoms with E-state index in [9.17, 15) is 0 Å². The highest BCUT2D eigenvalue weighted by Crippen LogP contribution is 2.51. The first-order valence-corrected chi connectivity index (χ1v) is 10.2. The van der Waals surface area contributed by atoms with Gasteiger partial charge in [-0.25, -0.2) is 0 Å². The molecule has 0 saturated carbocycles. The lowest BCUT2D eigenvalue weighted by Gasteiger charge is -2.33. The van der Waals surface area contributed by atoms with Crippen LogP contribution in [-0.4, -0.2) is 23.9 Å². The van der Waals surface area contributed by atoms with Crippen LogP contribution < -0.4 is 10.1 Å². The summed E-state index contributed by atoms with van der Waals surface area (Å²) in [5, 5.41) is 12.4. The fourth-order valence-corrected chi connectivity index (χ4v) is 4.68. The van der Waals surface area contributed by atoms with E-state index in [0.717, 1.165) is 28.3 Å². The van der Waals surface area contributed by atoms with Gasteiger partial charge in [-0.3, -0.25) is 0 Å². The van der Waals surface area contributed by atoms with E-state index in [2.05, 4.69) is 80.8 Å². The molecular weight excluding hydrogens is 410 g/mol. The van der Waals surface area contributed by atoms with E-state index < -0.39 is 0 Å². The standard InChI is InChI=1S/C20H20BrN3OS/c1-20(11-22-19-24-23-12-26-19)10-14-5-8-16(25-2)9-17(14)18(20)13-3-6-15(21)7-4-13/h3-9,12,18H,10-11H2,1-2H3,(H,22,24)/t18-,20-/m0/s1. The van der Waals surface area contributed by atoms with Crippen molar-refractivity contribution in [1.82, 2.24) is 10.2 Å². The van der Waals surface area contributed by atoms with Gasteiger partial charge in [0.15, 0.2) is 0 Å². The van der Waals surface area contributed by atoms with Crippen molar-refractivity contribution in [2.45, 2.75) is 19.3 Å². The van der Waals surface area contributed by atoms with E-state index in [-0.39, 0.29) is 5.41 Å². The minimum Gasteiger partial charge on any atom is -0.497 e. The molecule has 1 N–H and O–H groups in total. The van der Waals surface area contributed by atoms with E-state index in [0.29, 0.717) is 5.92 Å². The van der Waals surface area contributed by atoms with Crippen molar-refractivity contribution in [3.63, 3.8) is 0 Å². The van der Waals surface area contributed by atoms with Crippen LogP contribution in [0.5, 0.6) is 5.75 Å². The fraction of sp³-hybridized carbons (Fsp3) is 0.300. The zero-order chi connectivity index (χ0) is 18.1. The van der Waals surface area contributed by atoms with Gasteiger partial charge >= 0.3 is 0 Å². The smallest absolute Gasteiger partial charge is 0.205 e. The second kappa shape index (κ2) is 7.00. The topological polar surface area (TPSA) is 47.0 Å². The number of nitrogens with zero attached hydrogens (tertiary/aromatic N) is 2. The lowest BCUT2D eigenvalue weighted by molar-refractivity contribution is 0.328. The molecule has 0 bridgehead atoms. The Labute approximate surface area is 165 Å². The second-order valence-electron chi connectivity index (χ2n) is 6.98. The second-order valence-corrected chi connectivity index (χ2v) is 8.73. The Kier molecular flexibility index (Phi) is 4.71. The fourth-order valence-electron chi connectivity index (χ4n) is 3.97. The van der Waals surface area contributed by atoms with Crippen LogP contribution >= 0.6 is 27.3 Å². The molecule has 2 aromatic carbocycles. The Morgan fingerprint density at radius 2 is 2.08 bits per heavy atom. The van der Waals surface area contributed by atoms with E-state index in [1.807, 2.05) is 0 Å². The number of methoxy groups -OCH3 is 1. The van der Waals surface area contributed by atoms with Crippen LogP contribution in [0, 0.1) is 5.41 Å². The van der Waals surface area contributed by atoms with E-state index in [1.54, 1.807) is 12.6 Å². The Hall–Kier alpha value is -1.92. The summed E-state index contributed by atoms with van der Waals surface area (Å²) in [4.78, 5) is 0. The number of aromatic nitrogens is 2. The van der Waals surface area contributed by atoms with Crippen LogP contribution in [0.4, 0.5) is 5.13 Å². The van der Waals surface area contributed by atoms with E-state index >= 15 is 0 Å². The van der Waals surface area contributed by atoms with Crippen molar-refractivity contribution < 1.29 is 4.74 Å². The number of anilines is 1. The summed E-state index contributed by atoms with van der Waals surface area (Å²) in [6, 6.07) is 15.1. The van der Waals surface area contributed by atoms with Crippen molar-refractivity contribution >= 4 is 32.4 Å². The molecule has 0 spiro atoms. The zero-order valence-corrected chi connectivity index (χ0v) is 17.1. The molecule has 4 nitrogen and oxygen atoms in total. The molecule has 4 rings (SSSR count). The molecule has 0 aliphatic heterocycles. The molecule has 1 aliphatic carbocycles. The van der Waals surface area contributed by atoms with Crippen molar-refractivity contribution in [2.75, 3.05) is 19.0 Å². The van der Waals surface area contributed by atoms with Crippen LogP contribution in [0.25, 0.3) is 0 Å². The Balaban J connectivity index is 1.73. The largest absolute Gasteiger partial charge is 0.497 e. The molecule has 1 aliphatic rings. The first-order chi connectivity index (χ1) is 12.6. The number of halogens is 1. The summed E-state index contributed by atoms with van der Waals surface area (Å²) in [7, 11) is 1.72. The van der Waals surface area contributed by atoms with Gasteiger partial charge in [-0.15, -0.1) is 10.2 Å². The van der Waals surface area contributed by atoms with Crippen molar-refractivity contribution in [1.29, 1.82) is 0 Å². The maximum atomic E-state index is 5.49. The van der Waals surface area contributed by atoms with Gasteiger partial charge in [-0.1, -0.05) is 52.4 Å². The van der Waals surface area contributed by atoms with Gasteiger partial charge in [0.2, 0.25) is 5.13 Å². The highest BCUT2D eigenvalue weighted by Gasteiger charge is 2.43. The monoisotopic (exact) mass is 429 g/mol. The van der Waals surface area contributed by atoms with Gasteiger partial charge in [0.05, 0.1) is 7.11 Å². The lowest BCUT2D eigenvalue weighted by Crippen LogP contribution is -2.31. The van der Waals surface area contributed by atoms with E-state index in [4.69, 9.17) is 4.74 Å². The lowest BCUT2D eigenvalue weighted by atomic mass is 9.74. The van der Waals surface area contributed by atoms with Crippen LogP contribution in [0.2, 0.25) is 0 Å². The van der Waals surface area contributed by atoms with E-state index in [1.165, 1.54) is 28.0 Å². The third-order valence-electron chi connectivity index (χ3n) is 5.16. The predicted octanol–water partition coefficient (Wildman–Crippen LogP) is 5.12. The molecule has 0 radical (unpaired) electrons. The Morgan fingerprint density at radius 1 is 1.27 bits per heavy atom. The SMILES string of the molecule is COc1ccc2c(c1)[C@H](c1ccc(Br)cc1)[C@](C)(CNc1nncs1)C2. The Bertz CT molecular complexity index is 898. The van der Waals surface area contributed by atoms with Crippen LogP contribution in [-0.2, 0) is 6.42 Å². The molecular formula is C20H20BrN3OS. The van der Waals surface area contributed by atoms with Crippen LogP contribution in [0.1, 0.15) is 29.5 Å². The minimum atomic E-state index is 0.0359. The quantitative estimate of drug-likeness (QED) is 0.611. The zero-order valence-electron chi connectivity index (χ0n) is 14.7. The molecule has 0 fully saturated rings. The third-order valence-corrected chi connectivity index (χ3v) is 6.34. The van der Waals surface area contributed by atoms with Gasteiger partial charge in [-0.05, 0) is 52.8 Å². The van der Waals surface area contributed by atoms with Crippen molar-refractivity contribution in [2.24, 2.45) is 5.41 Å². The molecule has 0 unspecified atom stereocenters. The first-order valence-electron chi connectivity index (χ1n) is 8.51. The van der Waals surface area contributed by atoms with Crippen LogP contribution in [0.3, 0.4) is 0 Å². The third kappa shape index (κ3) is 3.23. The highest BCUT2D eigenvalue weighted by atomic mass is 79.9. The minimum absolute atomic E-state index is 0.0359. The maximum absolute atomic E-state index is 5.49. The maximum Gasteiger partial charge on any atom is 0.205 e. The summed E-state index contributed by atoms with van der Waals surface area (Å²) in [6.07, 6.45) is 1.01. The predicted molar refractivity (Wildman–Crippen MR) is 109 cm³/mol. The number of hydrogen-bond acceptors (Lipinski definition) is 5. The Morgan fingerprint density at radius 3 is 2.77 bits per heavy atom. The molecule has 6 heteroatoms. The van der Waals surface area contributed by atoms with Gasteiger partial charge in [0, 0.05) is 16.9 Å². The molecule has 1 aromatic heterocycles. The number of rotatable bonds is 5. The number of ether oxygens (including phenoxy) is 1. The summed E-state index contributed by atoms with van der Waals surface area (Å²) < 4.78 is 6.59. The summed E-state index contributed by atoms with van der Waals surface area (Å²) in [5.74, 6) is 1.20. The van der Waals surface area contributed by atoms with Crippen molar-refractivity contribution in [3.8, 4) is 5.75 Å². The first kappa shape index (κ1) is 17.5. The number of fused-ring (bicyclic) bond motifs is 1. The molecule has 134 valence electrons. The molecule has 3 aromatic rings. The van der Waals surface area contributed by atoms with Gasteiger partial charge < -0.3 is 10.1 Å². The van der Waals surface area contributed by atoms with Gasteiger partial charge in [-0.2, -0.15) is 0 Å². The molecule has 0 saturated heterocycles. The molecule has 1 heterocycles. The summed E-state index contributed by atoms with van der Waals surface area (Å²) in [6.45, 7) is 3.18. The van der Waals surface area contributed by atoms with Gasteiger partial charge in [0.1, 0.15) is 11.3 Å². The van der Waals surface area contributed by atoms with Crippen LogP contribution in [0.15, 0.2) is 52.4 Å². The number of hydrogen-bond donors (Lipinski definition) is 1. The molecule has 2 atom stereocenters. The average Bonchev–Trinajstić information content (AvgIpc) is 3.26. The number of nitrogens with one attached hydrogen (secondary N) is 1. The number of benzene rings is 2. The normalized spacial score (nSPS) is 21.4.